The zero-order valence-corrected chi connectivity index (χ0v) is 22.2. The number of likely N-dealkylation sites (tertiary alicyclic amines) is 1. The molecule has 1 amide bonds. The van der Waals surface area contributed by atoms with Crippen LogP contribution in [-0.2, 0) is 22.4 Å². The van der Waals surface area contributed by atoms with E-state index in [1.165, 1.54) is 6.07 Å². The van der Waals surface area contributed by atoms with Crippen molar-refractivity contribution in [1.82, 2.24) is 24.8 Å². The number of carbonyl (C=O) groups is 2. The number of aromatic nitrogens is 3. The van der Waals surface area contributed by atoms with Gasteiger partial charge >= 0.3 is 5.97 Å². The van der Waals surface area contributed by atoms with E-state index in [0.717, 1.165) is 57.3 Å². The van der Waals surface area contributed by atoms with Crippen molar-refractivity contribution in [3.05, 3.63) is 53.1 Å². The Hall–Kier alpha value is -3.33. The Morgan fingerprint density at radius 3 is 2.76 bits per heavy atom. The number of amides is 1. The first-order chi connectivity index (χ1) is 18.4. The van der Waals surface area contributed by atoms with Crippen molar-refractivity contribution in [1.29, 1.82) is 0 Å². The van der Waals surface area contributed by atoms with Crippen LogP contribution in [0.4, 0.5) is 4.39 Å². The average Bonchev–Trinajstić information content (AvgIpc) is 3.53. The first kappa shape index (κ1) is 26.3. The van der Waals surface area contributed by atoms with Crippen molar-refractivity contribution in [2.45, 2.75) is 77.3 Å². The molecule has 0 saturated carbocycles. The monoisotopic (exact) mass is 521 g/mol. The minimum atomic E-state index is -0.469. The van der Waals surface area contributed by atoms with Crippen LogP contribution in [0.1, 0.15) is 74.1 Å². The van der Waals surface area contributed by atoms with Crippen LogP contribution in [0.15, 0.2) is 30.3 Å². The third-order valence-electron chi connectivity index (χ3n) is 7.66. The van der Waals surface area contributed by atoms with Gasteiger partial charge in [-0.2, -0.15) is 5.10 Å². The van der Waals surface area contributed by atoms with E-state index < -0.39 is 5.82 Å². The normalized spacial score (nSPS) is 20.0. The highest BCUT2D eigenvalue weighted by Crippen LogP contribution is 2.26. The van der Waals surface area contributed by atoms with E-state index in [9.17, 15) is 9.59 Å². The van der Waals surface area contributed by atoms with Gasteiger partial charge in [0.15, 0.2) is 5.65 Å². The van der Waals surface area contributed by atoms with Crippen LogP contribution in [0, 0.1) is 5.82 Å². The van der Waals surface area contributed by atoms with Crippen molar-refractivity contribution in [3.63, 3.8) is 0 Å². The van der Waals surface area contributed by atoms with E-state index >= 15 is 4.39 Å². The number of benzene rings is 1. The minimum Gasteiger partial charge on any atom is -0.464 e. The molecule has 5 rings (SSSR count). The molecule has 0 spiro atoms. The fourth-order valence-corrected chi connectivity index (χ4v) is 5.44. The van der Waals surface area contributed by atoms with Crippen molar-refractivity contribution in [2.24, 2.45) is 0 Å². The molecule has 202 valence electrons. The number of carbonyl (C=O) groups excluding carboxylic acids is 2. The summed E-state index contributed by atoms with van der Waals surface area (Å²) in [5.41, 5.74) is 3.04. The highest BCUT2D eigenvalue weighted by atomic mass is 19.1. The van der Waals surface area contributed by atoms with E-state index in [-0.39, 0.29) is 30.4 Å². The maximum atomic E-state index is 15.2. The number of halogens is 1. The summed E-state index contributed by atoms with van der Waals surface area (Å²) in [6.07, 6.45) is 7.01. The smallest absolute Gasteiger partial charge is 0.310 e. The van der Waals surface area contributed by atoms with Gasteiger partial charge in [-0.05, 0) is 69.3 Å². The van der Waals surface area contributed by atoms with Crippen LogP contribution in [0.2, 0.25) is 0 Å². The molecule has 8 nitrogen and oxygen atoms in total. The Kier molecular flexibility index (Phi) is 8.02. The summed E-state index contributed by atoms with van der Waals surface area (Å²) in [7, 11) is 0. The fourth-order valence-electron chi connectivity index (χ4n) is 5.44. The lowest BCUT2D eigenvalue weighted by Crippen LogP contribution is -2.38. The number of hydrogen-bond donors (Lipinski definition) is 1. The maximum Gasteiger partial charge on any atom is 0.310 e. The molecule has 2 saturated heterocycles. The number of fused-ring (bicyclic) bond motifs is 1. The Morgan fingerprint density at radius 2 is 2.00 bits per heavy atom. The van der Waals surface area contributed by atoms with Crippen LogP contribution >= 0.6 is 0 Å². The van der Waals surface area contributed by atoms with E-state index in [4.69, 9.17) is 4.74 Å². The second kappa shape index (κ2) is 11.6. The van der Waals surface area contributed by atoms with Crippen molar-refractivity contribution >= 4 is 17.5 Å². The predicted molar refractivity (Wildman–Crippen MR) is 142 cm³/mol. The van der Waals surface area contributed by atoms with Crippen LogP contribution in [-0.4, -0.2) is 63.2 Å². The molecule has 0 aliphatic carbocycles. The van der Waals surface area contributed by atoms with Gasteiger partial charge in [-0.15, -0.1) is 0 Å². The molecule has 0 bridgehead atoms. The van der Waals surface area contributed by atoms with E-state index in [0.29, 0.717) is 41.2 Å². The standard InChI is InChI=1S/C29H36FN5O3/c1-3-22-16-26(29(37)34-13-6-4-5-8-19(34)2)32-27-17-25(33-35(22)27)23-11-10-20(14-24(23)30)15-28(36)38-18-21-9-7-12-31-21/h10-11,14,16-17,19,21,31H,3-9,12-13,15,18H2,1-2H3. The lowest BCUT2D eigenvalue weighted by atomic mass is 10.1. The van der Waals surface area contributed by atoms with Crippen LogP contribution in [0.25, 0.3) is 16.9 Å². The summed E-state index contributed by atoms with van der Waals surface area (Å²) in [6, 6.07) is 8.61. The molecule has 2 aliphatic rings. The van der Waals surface area contributed by atoms with Crippen LogP contribution < -0.4 is 5.32 Å². The molecular weight excluding hydrogens is 485 g/mol. The van der Waals surface area contributed by atoms with Gasteiger partial charge in [-0.3, -0.25) is 9.59 Å². The second-order valence-electron chi connectivity index (χ2n) is 10.5. The molecule has 2 unspecified atom stereocenters. The third kappa shape index (κ3) is 5.72. The Morgan fingerprint density at radius 1 is 1.13 bits per heavy atom. The first-order valence-electron chi connectivity index (χ1n) is 13.8. The van der Waals surface area contributed by atoms with Gasteiger partial charge in [0.05, 0.1) is 12.1 Å². The highest BCUT2D eigenvalue weighted by Gasteiger charge is 2.25. The number of nitrogens with one attached hydrogen (secondary N) is 1. The van der Waals surface area contributed by atoms with Crippen LogP contribution in [0.3, 0.4) is 0 Å². The summed E-state index contributed by atoms with van der Waals surface area (Å²) in [6.45, 7) is 6.12. The van der Waals surface area contributed by atoms with Crippen LogP contribution in [0.5, 0.6) is 0 Å². The predicted octanol–water partition coefficient (Wildman–Crippen LogP) is 4.34. The molecule has 2 fully saturated rings. The first-order valence-corrected chi connectivity index (χ1v) is 13.8. The minimum absolute atomic E-state index is 0.0109. The zero-order chi connectivity index (χ0) is 26.6. The van der Waals surface area contributed by atoms with E-state index in [1.54, 1.807) is 28.8 Å². The highest BCUT2D eigenvalue weighted by molar-refractivity contribution is 5.93. The molecule has 2 aliphatic heterocycles. The van der Waals surface area contributed by atoms with Gasteiger partial charge in [0.1, 0.15) is 18.1 Å². The Balaban J connectivity index is 1.35. The molecule has 3 aromatic rings. The molecule has 38 heavy (non-hydrogen) atoms. The molecule has 1 aromatic carbocycles. The van der Waals surface area contributed by atoms with E-state index in [2.05, 4.69) is 22.3 Å². The lowest BCUT2D eigenvalue weighted by Gasteiger charge is -2.27. The lowest BCUT2D eigenvalue weighted by molar-refractivity contribution is -0.143. The fraction of sp³-hybridized carbons (Fsp3) is 0.517. The number of aryl methyl sites for hydroxylation is 1. The van der Waals surface area contributed by atoms with Crippen molar-refractivity contribution in [3.8, 4) is 11.3 Å². The molecule has 2 aromatic heterocycles. The number of rotatable bonds is 7. The molecular formula is C29H36FN5O3. The summed E-state index contributed by atoms with van der Waals surface area (Å²) in [5, 5.41) is 7.90. The zero-order valence-electron chi connectivity index (χ0n) is 22.2. The SMILES string of the molecule is CCc1cc(C(=O)N2CCCCCC2C)nc2cc(-c3ccc(CC(=O)OCC4CCCN4)cc3F)nn12. The molecule has 0 radical (unpaired) electrons. The van der Waals surface area contributed by atoms with Gasteiger partial charge in [0.25, 0.3) is 5.91 Å². The van der Waals surface area contributed by atoms with Gasteiger partial charge in [-0.25, -0.2) is 13.9 Å². The summed E-state index contributed by atoms with van der Waals surface area (Å²) >= 11 is 0. The Labute approximate surface area is 222 Å². The quantitative estimate of drug-likeness (QED) is 0.466. The number of esters is 1. The van der Waals surface area contributed by atoms with Gasteiger partial charge in [0, 0.05) is 36.0 Å². The summed E-state index contributed by atoms with van der Waals surface area (Å²) < 4.78 is 22.2. The van der Waals surface area contributed by atoms with Gasteiger partial charge in [0.2, 0.25) is 0 Å². The largest absolute Gasteiger partial charge is 0.464 e. The number of nitrogens with zero attached hydrogens (tertiary/aromatic N) is 4. The molecule has 2 atom stereocenters. The maximum absolute atomic E-state index is 15.2. The summed E-state index contributed by atoms with van der Waals surface area (Å²) in [5.74, 6) is -0.902. The topological polar surface area (TPSA) is 88.8 Å². The Bertz CT molecular complexity index is 1320. The third-order valence-corrected chi connectivity index (χ3v) is 7.66. The second-order valence-corrected chi connectivity index (χ2v) is 10.5. The number of hydrogen-bond acceptors (Lipinski definition) is 6. The molecule has 9 heteroatoms. The van der Waals surface area contributed by atoms with Crippen molar-refractivity contribution < 1.29 is 18.7 Å². The van der Waals surface area contributed by atoms with Crippen molar-refractivity contribution in [2.75, 3.05) is 19.7 Å². The summed E-state index contributed by atoms with van der Waals surface area (Å²) in [4.78, 5) is 32.2. The molecule has 4 heterocycles. The average molecular weight is 522 g/mol. The van der Waals surface area contributed by atoms with E-state index in [1.807, 2.05) is 11.8 Å². The van der Waals surface area contributed by atoms with Gasteiger partial charge in [-0.1, -0.05) is 25.8 Å². The molecule has 1 N–H and O–H groups in total. The van der Waals surface area contributed by atoms with Gasteiger partial charge < -0.3 is 15.0 Å². The number of ether oxygens (including phenoxy) is 1.